The molecule has 1 amide bonds. The van der Waals surface area contributed by atoms with Gasteiger partial charge in [0, 0.05) is 10.6 Å². The van der Waals surface area contributed by atoms with Gasteiger partial charge in [-0.15, -0.1) is 0 Å². The SMILES string of the molecule is CC(C)(C)C1CCC2=C(C1)SC1=NCC(=O)N12. The van der Waals surface area contributed by atoms with Crippen molar-refractivity contribution in [3.63, 3.8) is 0 Å². The van der Waals surface area contributed by atoms with E-state index in [0.29, 0.717) is 12.0 Å². The minimum Gasteiger partial charge on any atom is -0.272 e. The Bertz CT molecular complexity index is 445. The molecule has 0 bridgehead atoms. The molecule has 1 unspecified atom stereocenters. The molecule has 0 aromatic rings. The molecule has 1 atom stereocenters. The van der Waals surface area contributed by atoms with Gasteiger partial charge in [0.1, 0.15) is 6.54 Å². The summed E-state index contributed by atoms with van der Waals surface area (Å²) in [5, 5.41) is 0.926. The number of amides is 1. The molecule has 0 N–H and O–H groups in total. The van der Waals surface area contributed by atoms with Crippen LogP contribution in [-0.4, -0.2) is 22.5 Å². The summed E-state index contributed by atoms with van der Waals surface area (Å²) in [5.41, 5.74) is 1.61. The van der Waals surface area contributed by atoms with Crippen molar-refractivity contribution in [3.8, 4) is 0 Å². The summed E-state index contributed by atoms with van der Waals surface area (Å²) in [6.07, 6.45) is 3.35. The third kappa shape index (κ3) is 1.73. The minimum absolute atomic E-state index is 0.159. The Morgan fingerprint density at radius 2 is 2.18 bits per heavy atom. The number of rotatable bonds is 0. The van der Waals surface area contributed by atoms with E-state index < -0.39 is 0 Å². The van der Waals surface area contributed by atoms with E-state index in [2.05, 4.69) is 25.8 Å². The number of thioether (sulfide) groups is 1. The molecule has 17 heavy (non-hydrogen) atoms. The summed E-state index contributed by atoms with van der Waals surface area (Å²) in [4.78, 5) is 19.3. The number of allylic oxidation sites excluding steroid dienone is 2. The highest BCUT2D eigenvalue weighted by Gasteiger charge is 2.41. The third-order valence-corrected chi connectivity index (χ3v) is 5.13. The maximum Gasteiger partial charge on any atom is 0.254 e. The van der Waals surface area contributed by atoms with E-state index in [4.69, 9.17) is 0 Å². The van der Waals surface area contributed by atoms with Gasteiger partial charge < -0.3 is 0 Å². The summed E-state index contributed by atoms with van der Waals surface area (Å²) in [6.45, 7) is 7.29. The summed E-state index contributed by atoms with van der Waals surface area (Å²) in [5.74, 6) is 0.885. The van der Waals surface area contributed by atoms with Crippen LogP contribution in [-0.2, 0) is 4.79 Å². The number of hydrogen-bond acceptors (Lipinski definition) is 3. The first kappa shape index (κ1) is 11.3. The molecule has 0 radical (unpaired) electrons. The van der Waals surface area contributed by atoms with Crippen LogP contribution in [0.5, 0.6) is 0 Å². The van der Waals surface area contributed by atoms with Crippen LogP contribution < -0.4 is 0 Å². The van der Waals surface area contributed by atoms with Gasteiger partial charge in [-0.1, -0.05) is 32.5 Å². The maximum absolute atomic E-state index is 11.8. The highest BCUT2D eigenvalue weighted by Crippen LogP contribution is 2.49. The lowest BCUT2D eigenvalue weighted by atomic mass is 9.73. The highest BCUT2D eigenvalue weighted by atomic mass is 32.2. The zero-order valence-electron chi connectivity index (χ0n) is 10.6. The van der Waals surface area contributed by atoms with Crippen molar-refractivity contribution in [3.05, 3.63) is 10.6 Å². The Balaban J connectivity index is 1.86. The Morgan fingerprint density at radius 3 is 2.88 bits per heavy atom. The fourth-order valence-corrected chi connectivity index (χ4v) is 4.06. The monoisotopic (exact) mass is 250 g/mol. The fraction of sp³-hybridized carbons (Fsp3) is 0.692. The molecule has 0 spiro atoms. The molecule has 2 aliphatic heterocycles. The predicted octanol–water partition coefficient (Wildman–Crippen LogP) is 2.99. The Morgan fingerprint density at radius 1 is 1.41 bits per heavy atom. The Kier molecular flexibility index (Phi) is 2.41. The van der Waals surface area contributed by atoms with Gasteiger partial charge in [-0.2, -0.15) is 0 Å². The van der Waals surface area contributed by atoms with Crippen molar-refractivity contribution in [2.75, 3.05) is 6.54 Å². The summed E-state index contributed by atoms with van der Waals surface area (Å²) in [6, 6.07) is 0. The van der Waals surface area contributed by atoms with Crippen molar-refractivity contribution in [1.82, 2.24) is 4.90 Å². The van der Waals surface area contributed by atoms with E-state index in [1.54, 1.807) is 11.8 Å². The molecule has 3 nitrogen and oxygen atoms in total. The van der Waals surface area contributed by atoms with E-state index in [1.807, 2.05) is 4.90 Å². The number of fused-ring (bicyclic) bond motifs is 2. The van der Waals surface area contributed by atoms with Gasteiger partial charge in [0.15, 0.2) is 5.17 Å². The average molecular weight is 250 g/mol. The maximum atomic E-state index is 11.8. The number of carbonyl (C=O) groups is 1. The van der Waals surface area contributed by atoms with Crippen molar-refractivity contribution >= 4 is 22.8 Å². The van der Waals surface area contributed by atoms with Crippen molar-refractivity contribution in [1.29, 1.82) is 0 Å². The van der Waals surface area contributed by atoms with Crippen LogP contribution >= 0.6 is 11.8 Å². The second-order valence-corrected chi connectivity index (χ2v) is 7.17. The molecule has 0 saturated carbocycles. The van der Waals surface area contributed by atoms with Crippen LogP contribution in [0, 0.1) is 11.3 Å². The first-order valence-corrected chi connectivity index (χ1v) is 7.06. The van der Waals surface area contributed by atoms with Crippen LogP contribution in [0.4, 0.5) is 0 Å². The molecule has 3 rings (SSSR count). The van der Waals surface area contributed by atoms with Gasteiger partial charge in [0.2, 0.25) is 0 Å². The topological polar surface area (TPSA) is 32.7 Å². The Hall–Kier alpha value is -0.770. The molecule has 4 heteroatoms. The summed E-state index contributed by atoms with van der Waals surface area (Å²) >= 11 is 1.72. The van der Waals surface area contributed by atoms with Crippen molar-refractivity contribution < 1.29 is 4.79 Å². The number of hydrogen-bond donors (Lipinski definition) is 0. The number of amidine groups is 1. The van der Waals surface area contributed by atoms with Gasteiger partial charge in [0.25, 0.3) is 5.91 Å². The van der Waals surface area contributed by atoms with Crippen LogP contribution in [0.2, 0.25) is 0 Å². The Labute approximate surface area is 106 Å². The lowest BCUT2D eigenvalue weighted by Gasteiger charge is -2.34. The van der Waals surface area contributed by atoms with E-state index in [1.165, 1.54) is 17.0 Å². The van der Waals surface area contributed by atoms with Gasteiger partial charge >= 0.3 is 0 Å². The van der Waals surface area contributed by atoms with E-state index in [0.717, 1.165) is 23.9 Å². The zero-order valence-corrected chi connectivity index (χ0v) is 11.4. The molecular weight excluding hydrogens is 232 g/mol. The highest BCUT2D eigenvalue weighted by molar-refractivity contribution is 8.17. The number of nitrogens with zero attached hydrogens (tertiary/aromatic N) is 2. The van der Waals surface area contributed by atoms with Crippen LogP contribution in [0.25, 0.3) is 0 Å². The molecule has 92 valence electrons. The summed E-state index contributed by atoms with van der Waals surface area (Å²) < 4.78 is 0. The third-order valence-electron chi connectivity index (χ3n) is 3.98. The largest absolute Gasteiger partial charge is 0.272 e. The standard InChI is InChI=1S/C13H18N2OS/c1-13(2,3)8-4-5-9-10(6-8)17-12-14-7-11(16)15(9)12/h8H,4-7H2,1-3H3. The molecule has 2 heterocycles. The van der Waals surface area contributed by atoms with Gasteiger partial charge in [0.05, 0.1) is 0 Å². The minimum atomic E-state index is 0.159. The van der Waals surface area contributed by atoms with Crippen LogP contribution in [0.3, 0.4) is 0 Å². The first-order valence-electron chi connectivity index (χ1n) is 6.24. The van der Waals surface area contributed by atoms with Crippen LogP contribution in [0.1, 0.15) is 40.0 Å². The molecule has 0 aromatic heterocycles. The summed E-state index contributed by atoms with van der Waals surface area (Å²) in [7, 11) is 0. The fourth-order valence-electron chi connectivity index (χ4n) is 2.81. The van der Waals surface area contributed by atoms with Crippen LogP contribution in [0.15, 0.2) is 15.6 Å². The zero-order chi connectivity index (χ0) is 12.2. The first-order chi connectivity index (χ1) is 7.97. The van der Waals surface area contributed by atoms with E-state index in [-0.39, 0.29) is 5.91 Å². The van der Waals surface area contributed by atoms with E-state index in [9.17, 15) is 4.79 Å². The molecular formula is C13H18N2OS. The normalized spacial score (nSPS) is 28.4. The predicted molar refractivity (Wildman–Crippen MR) is 70.6 cm³/mol. The van der Waals surface area contributed by atoms with Gasteiger partial charge in [-0.3, -0.25) is 14.7 Å². The second kappa shape index (κ2) is 3.61. The smallest absolute Gasteiger partial charge is 0.254 e. The quantitative estimate of drug-likeness (QED) is 0.662. The molecule has 0 saturated heterocycles. The van der Waals surface area contributed by atoms with Gasteiger partial charge in [-0.05, 0) is 30.6 Å². The average Bonchev–Trinajstić information content (AvgIpc) is 2.76. The molecule has 0 fully saturated rings. The van der Waals surface area contributed by atoms with Crippen molar-refractivity contribution in [2.24, 2.45) is 16.3 Å². The molecule has 1 aliphatic carbocycles. The lowest BCUT2D eigenvalue weighted by Crippen LogP contribution is -2.30. The second-order valence-electron chi connectivity index (χ2n) is 6.11. The molecule has 0 aromatic carbocycles. The number of carbonyl (C=O) groups excluding carboxylic acids is 1. The van der Waals surface area contributed by atoms with Gasteiger partial charge in [-0.25, -0.2) is 0 Å². The van der Waals surface area contributed by atoms with Crippen molar-refractivity contribution in [2.45, 2.75) is 40.0 Å². The number of aliphatic imine (C=N–C) groups is 1. The van der Waals surface area contributed by atoms with E-state index >= 15 is 0 Å². The lowest BCUT2D eigenvalue weighted by molar-refractivity contribution is -0.123. The molecule has 3 aliphatic rings.